The van der Waals surface area contributed by atoms with Gasteiger partial charge < -0.3 is 5.73 Å². The molecule has 0 saturated heterocycles. The monoisotopic (exact) mass is 212 g/mol. The summed E-state index contributed by atoms with van der Waals surface area (Å²) in [5.41, 5.74) is 8.21. The fourth-order valence-corrected chi connectivity index (χ4v) is 1.78. The highest BCUT2D eigenvalue weighted by molar-refractivity contribution is 9.10. The lowest BCUT2D eigenvalue weighted by atomic mass is 10.2. The minimum atomic E-state index is 0.155. The average molecular weight is 213 g/mol. The molecule has 0 amide bonds. The zero-order valence-corrected chi connectivity index (χ0v) is 7.63. The molecular formula is C8H9BrN2. The minimum absolute atomic E-state index is 0.155. The van der Waals surface area contributed by atoms with E-state index in [4.69, 9.17) is 5.73 Å². The van der Waals surface area contributed by atoms with E-state index in [2.05, 4.69) is 27.0 Å². The van der Waals surface area contributed by atoms with E-state index in [0.29, 0.717) is 0 Å². The smallest absolute Gasteiger partial charge is 0.106 e. The summed E-state index contributed by atoms with van der Waals surface area (Å²) in [5.74, 6) is 0. The van der Waals surface area contributed by atoms with Gasteiger partial charge in [-0.1, -0.05) is 6.07 Å². The molecule has 0 aromatic carbocycles. The Kier molecular flexibility index (Phi) is 1.69. The van der Waals surface area contributed by atoms with Crippen LogP contribution in [0.3, 0.4) is 0 Å². The van der Waals surface area contributed by atoms with Crippen LogP contribution in [0.4, 0.5) is 0 Å². The molecule has 1 atom stereocenters. The van der Waals surface area contributed by atoms with Gasteiger partial charge in [-0.2, -0.15) is 0 Å². The van der Waals surface area contributed by atoms with E-state index in [9.17, 15) is 0 Å². The highest BCUT2D eigenvalue weighted by Crippen LogP contribution is 2.28. The number of hydrogen-bond acceptors (Lipinski definition) is 2. The van der Waals surface area contributed by atoms with Crippen LogP contribution in [0.1, 0.15) is 23.7 Å². The van der Waals surface area contributed by atoms with E-state index in [1.807, 2.05) is 6.07 Å². The van der Waals surface area contributed by atoms with Gasteiger partial charge in [0.2, 0.25) is 0 Å². The van der Waals surface area contributed by atoms with Gasteiger partial charge in [0, 0.05) is 6.04 Å². The van der Waals surface area contributed by atoms with E-state index in [0.717, 1.165) is 23.1 Å². The van der Waals surface area contributed by atoms with Crippen molar-refractivity contribution >= 4 is 15.9 Å². The molecule has 1 aromatic rings. The summed E-state index contributed by atoms with van der Waals surface area (Å²) in [4.78, 5) is 4.33. The number of rotatable bonds is 0. The molecule has 0 spiro atoms. The molecule has 2 N–H and O–H groups in total. The first-order valence-electron chi connectivity index (χ1n) is 3.68. The molecule has 58 valence electrons. The molecule has 1 aliphatic carbocycles. The molecule has 0 aliphatic heterocycles. The number of aromatic nitrogens is 1. The third-order valence-corrected chi connectivity index (χ3v) is 2.50. The molecule has 0 radical (unpaired) electrons. The number of hydrogen-bond donors (Lipinski definition) is 1. The summed E-state index contributed by atoms with van der Waals surface area (Å²) in [6.07, 6.45) is 2.12. The molecule has 0 bridgehead atoms. The molecule has 11 heavy (non-hydrogen) atoms. The van der Waals surface area contributed by atoms with Gasteiger partial charge in [0.15, 0.2) is 0 Å². The molecule has 2 nitrogen and oxygen atoms in total. The summed E-state index contributed by atoms with van der Waals surface area (Å²) in [5, 5.41) is 0. The zero-order chi connectivity index (χ0) is 7.84. The topological polar surface area (TPSA) is 38.9 Å². The van der Waals surface area contributed by atoms with Crippen molar-refractivity contribution in [2.45, 2.75) is 18.9 Å². The van der Waals surface area contributed by atoms with Gasteiger partial charge >= 0.3 is 0 Å². The van der Waals surface area contributed by atoms with Crippen molar-refractivity contribution in [3.05, 3.63) is 28.0 Å². The quantitative estimate of drug-likeness (QED) is 0.667. The van der Waals surface area contributed by atoms with E-state index < -0.39 is 0 Å². The van der Waals surface area contributed by atoms with Crippen molar-refractivity contribution in [1.29, 1.82) is 0 Å². The van der Waals surface area contributed by atoms with Gasteiger partial charge in [0.05, 0.1) is 5.69 Å². The van der Waals surface area contributed by atoms with Gasteiger partial charge in [-0.15, -0.1) is 0 Å². The van der Waals surface area contributed by atoms with E-state index >= 15 is 0 Å². The van der Waals surface area contributed by atoms with Crippen LogP contribution in [0.2, 0.25) is 0 Å². The molecule has 2 rings (SSSR count). The number of nitrogens with two attached hydrogens (primary N) is 1. The molecule has 0 fully saturated rings. The van der Waals surface area contributed by atoms with E-state index in [1.165, 1.54) is 5.56 Å². The highest BCUT2D eigenvalue weighted by atomic mass is 79.9. The number of nitrogens with zero attached hydrogens (tertiary/aromatic N) is 1. The summed E-state index contributed by atoms with van der Waals surface area (Å²) < 4.78 is 0.883. The largest absolute Gasteiger partial charge is 0.323 e. The predicted molar refractivity (Wildman–Crippen MR) is 47.2 cm³/mol. The lowest BCUT2D eigenvalue weighted by Crippen LogP contribution is -2.07. The maximum atomic E-state index is 5.83. The first-order chi connectivity index (χ1) is 5.27. The lowest BCUT2D eigenvalue weighted by molar-refractivity contribution is 0.696. The average Bonchev–Trinajstić information content (AvgIpc) is 2.33. The number of halogens is 1. The maximum Gasteiger partial charge on any atom is 0.106 e. The second-order valence-electron chi connectivity index (χ2n) is 2.82. The Morgan fingerprint density at radius 1 is 1.55 bits per heavy atom. The van der Waals surface area contributed by atoms with E-state index in [1.54, 1.807) is 0 Å². The van der Waals surface area contributed by atoms with Crippen molar-refractivity contribution in [3.63, 3.8) is 0 Å². The van der Waals surface area contributed by atoms with Crippen molar-refractivity contribution in [2.24, 2.45) is 5.73 Å². The van der Waals surface area contributed by atoms with Crippen LogP contribution >= 0.6 is 15.9 Å². The molecule has 3 heteroatoms. The summed E-state index contributed by atoms with van der Waals surface area (Å²) >= 11 is 3.33. The molecule has 1 heterocycles. The Bertz CT molecular complexity index is 285. The third-order valence-electron chi connectivity index (χ3n) is 2.05. The first-order valence-corrected chi connectivity index (χ1v) is 4.47. The van der Waals surface area contributed by atoms with Crippen molar-refractivity contribution < 1.29 is 0 Å². The molecule has 0 saturated carbocycles. The minimum Gasteiger partial charge on any atom is -0.323 e. The van der Waals surface area contributed by atoms with Crippen LogP contribution in [0.25, 0.3) is 0 Å². The fraction of sp³-hybridized carbons (Fsp3) is 0.375. The van der Waals surface area contributed by atoms with Crippen molar-refractivity contribution in [2.75, 3.05) is 0 Å². The fourth-order valence-electron chi connectivity index (χ4n) is 1.46. The Balaban J connectivity index is 2.52. The van der Waals surface area contributed by atoms with Gasteiger partial charge in [-0.3, -0.25) is 0 Å². The molecule has 0 unspecified atom stereocenters. The van der Waals surface area contributed by atoms with E-state index in [-0.39, 0.29) is 6.04 Å². The standard InChI is InChI=1S/C8H9BrN2/c9-7-4-2-5-1-3-6(10)8(5)11-7/h2,4,6H,1,3,10H2/t6-/m1/s1. The zero-order valence-electron chi connectivity index (χ0n) is 6.05. The van der Waals surface area contributed by atoms with Crippen LogP contribution in [-0.2, 0) is 6.42 Å². The van der Waals surface area contributed by atoms with Crippen LogP contribution in [-0.4, -0.2) is 4.98 Å². The van der Waals surface area contributed by atoms with Crippen LogP contribution in [0, 0.1) is 0 Å². The van der Waals surface area contributed by atoms with Gasteiger partial charge in [0.25, 0.3) is 0 Å². The number of aryl methyl sites for hydroxylation is 1. The molecule has 1 aromatic heterocycles. The second-order valence-corrected chi connectivity index (χ2v) is 3.64. The maximum absolute atomic E-state index is 5.83. The SMILES string of the molecule is N[C@@H]1CCc2ccc(Br)nc21. The number of pyridine rings is 1. The number of fused-ring (bicyclic) bond motifs is 1. The summed E-state index contributed by atoms with van der Waals surface area (Å²) in [7, 11) is 0. The summed E-state index contributed by atoms with van der Waals surface area (Å²) in [6.45, 7) is 0. The molecule has 1 aliphatic rings. The Labute approximate surface area is 73.9 Å². The van der Waals surface area contributed by atoms with Crippen molar-refractivity contribution in [1.82, 2.24) is 4.98 Å². The van der Waals surface area contributed by atoms with Gasteiger partial charge in [0.1, 0.15) is 4.60 Å². The highest BCUT2D eigenvalue weighted by Gasteiger charge is 2.19. The van der Waals surface area contributed by atoms with Gasteiger partial charge in [-0.05, 0) is 40.4 Å². The Morgan fingerprint density at radius 2 is 2.36 bits per heavy atom. The predicted octanol–water partition coefficient (Wildman–Crippen LogP) is 1.79. The Morgan fingerprint density at radius 3 is 3.18 bits per heavy atom. The molecular weight excluding hydrogens is 204 g/mol. The van der Waals surface area contributed by atoms with Crippen molar-refractivity contribution in [3.8, 4) is 0 Å². The van der Waals surface area contributed by atoms with Crippen LogP contribution in [0.5, 0.6) is 0 Å². The van der Waals surface area contributed by atoms with Gasteiger partial charge in [-0.25, -0.2) is 4.98 Å². The second kappa shape index (κ2) is 2.57. The lowest BCUT2D eigenvalue weighted by Gasteiger charge is -2.02. The third kappa shape index (κ3) is 1.19. The normalized spacial score (nSPS) is 21.8. The van der Waals surface area contributed by atoms with Crippen LogP contribution in [0.15, 0.2) is 16.7 Å². The van der Waals surface area contributed by atoms with Crippen LogP contribution < -0.4 is 5.73 Å². The Hall–Kier alpha value is -0.410. The summed E-state index contributed by atoms with van der Waals surface area (Å²) in [6, 6.07) is 4.22. The first kappa shape index (κ1) is 7.25.